The quantitative estimate of drug-likeness (QED) is 0.452. The Morgan fingerprint density at radius 3 is 2.97 bits per heavy atom. The van der Waals surface area contributed by atoms with Gasteiger partial charge in [-0.3, -0.25) is 9.20 Å². The number of nitrogens with two attached hydrogens (primary N) is 1. The van der Waals surface area contributed by atoms with Crippen LogP contribution in [0.25, 0.3) is 5.65 Å². The summed E-state index contributed by atoms with van der Waals surface area (Å²) < 4.78 is 23.4. The predicted molar refractivity (Wildman–Crippen MR) is 125 cm³/mol. The number of rotatable bonds is 4. The molecule has 0 saturated carbocycles. The Morgan fingerprint density at radius 2 is 2.18 bits per heavy atom. The molecule has 8 nitrogen and oxygen atoms in total. The lowest BCUT2D eigenvalue weighted by Gasteiger charge is -2.22. The molecule has 3 N–H and O–H groups in total. The largest absolute Gasteiger partial charge is 0.366 e. The van der Waals surface area contributed by atoms with Crippen molar-refractivity contribution in [2.45, 2.75) is 32.4 Å². The third kappa shape index (κ3) is 4.23. The summed E-state index contributed by atoms with van der Waals surface area (Å²) in [5.41, 5.74) is 9.20. The summed E-state index contributed by atoms with van der Waals surface area (Å²) in [6.07, 6.45) is 10.4. The molecule has 0 spiro atoms. The third-order valence-electron chi connectivity index (χ3n) is 5.77. The molecule has 1 fully saturated rings. The van der Waals surface area contributed by atoms with Gasteiger partial charge in [0.15, 0.2) is 5.65 Å². The number of primary amides is 1. The molecule has 1 amide bonds. The second kappa shape index (κ2) is 9.00. The van der Waals surface area contributed by atoms with Gasteiger partial charge in [-0.05, 0) is 61.9 Å². The van der Waals surface area contributed by atoms with Gasteiger partial charge in [-0.1, -0.05) is 5.92 Å². The Morgan fingerprint density at radius 1 is 1.29 bits per heavy atom. The summed E-state index contributed by atoms with van der Waals surface area (Å²) in [4.78, 5) is 16.0. The summed E-state index contributed by atoms with van der Waals surface area (Å²) in [5, 5.41) is 7.80. The molecule has 172 valence electrons. The summed E-state index contributed by atoms with van der Waals surface area (Å²) in [5.74, 6) is 4.59. The van der Waals surface area contributed by atoms with Crippen LogP contribution in [-0.2, 0) is 4.74 Å². The minimum Gasteiger partial charge on any atom is -0.366 e. The Bertz CT molecular complexity index is 1440. The van der Waals surface area contributed by atoms with Crippen molar-refractivity contribution in [3.8, 4) is 11.8 Å². The standard InChI is InChI=1S/C25H23FN6O2/c1-16-11-21(26)20(24(27)33)12-17(16)7-8-19-14-28-25-22(5-4-9-31(19)25)30-18-13-29-32(15-18)23-6-2-3-10-34-23/h4-5,9,11-15,23,30H,2-3,6,10H2,1H3,(H2,27,33). The zero-order valence-corrected chi connectivity index (χ0v) is 18.6. The molecule has 1 saturated heterocycles. The van der Waals surface area contributed by atoms with Crippen LogP contribution < -0.4 is 11.1 Å². The van der Waals surface area contributed by atoms with Crippen LogP contribution in [0.4, 0.5) is 15.8 Å². The lowest BCUT2D eigenvalue weighted by atomic mass is 10.0. The number of aryl methyl sites for hydroxylation is 1. The lowest BCUT2D eigenvalue weighted by Crippen LogP contribution is -2.18. The van der Waals surface area contributed by atoms with Crippen molar-refractivity contribution in [2.75, 3.05) is 11.9 Å². The molecule has 1 unspecified atom stereocenters. The molecule has 1 atom stereocenters. The molecule has 4 aromatic rings. The molecule has 0 aliphatic carbocycles. The van der Waals surface area contributed by atoms with E-state index in [1.807, 2.05) is 33.6 Å². The van der Waals surface area contributed by atoms with Crippen LogP contribution in [0, 0.1) is 24.6 Å². The fraction of sp³-hybridized carbons (Fsp3) is 0.240. The Kier molecular flexibility index (Phi) is 5.74. The van der Waals surface area contributed by atoms with Gasteiger partial charge in [0.25, 0.3) is 5.91 Å². The molecule has 9 heteroatoms. The molecular formula is C25H23FN6O2. The van der Waals surface area contributed by atoms with Crippen molar-refractivity contribution in [2.24, 2.45) is 5.73 Å². The fourth-order valence-electron chi connectivity index (χ4n) is 3.98. The van der Waals surface area contributed by atoms with Gasteiger partial charge in [0.1, 0.15) is 17.7 Å². The van der Waals surface area contributed by atoms with Crippen LogP contribution >= 0.6 is 0 Å². The average molecular weight is 458 g/mol. The van der Waals surface area contributed by atoms with E-state index >= 15 is 0 Å². The monoisotopic (exact) mass is 458 g/mol. The first-order valence-electron chi connectivity index (χ1n) is 11.0. The highest BCUT2D eigenvalue weighted by molar-refractivity contribution is 5.93. The summed E-state index contributed by atoms with van der Waals surface area (Å²) in [6, 6.07) is 6.46. The summed E-state index contributed by atoms with van der Waals surface area (Å²) in [6.45, 7) is 2.48. The smallest absolute Gasteiger partial charge is 0.251 e. The highest BCUT2D eigenvalue weighted by Gasteiger charge is 2.17. The maximum absolute atomic E-state index is 14.0. The number of fused-ring (bicyclic) bond motifs is 1. The Labute approximate surface area is 195 Å². The number of ether oxygens (including phenoxy) is 1. The van der Waals surface area contributed by atoms with Crippen molar-refractivity contribution < 1.29 is 13.9 Å². The summed E-state index contributed by atoms with van der Waals surface area (Å²) >= 11 is 0. The zero-order chi connectivity index (χ0) is 23.7. The number of anilines is 2. The molecule has 5 rings (SSSR count). The number of amides is 1. The van der Waals surface area contributed by atoms with Crippen molar-refractivity contribution in [3.05, 3.63) is 77.3 Å². The van der Waals surface area contributed by atoms with E-state index < -0.39 is 11.7 Å². The van der Waals surface area contributed by atoms with Crippen molar-refractivity contribution >= 4 is 22.9 Å². The van der Waals surface area contributed by atoms with Crippen LogP contribution in [0.15, 0.2) is 49.1 Å². The number of hydrogen-bond acceptors (Lipinski definition) is 5. The van der Waals surface area contributed by atoms with E-state index in [0.29, 0.717) is 22.5 Å². The fourth-order valence-corrected chi connectivity index (χ4v) is 3.98. The molecule has 1 aromatic carbocycles. The Hall–Kier alpha value is -4.16. The van der Waals surface area contributed by atoms with E-state index in [0.717, 1.165) is 37.2 Å². The van der Waals surface area contributed by atoms with Gasteiger partial charge in [0.2, 0.25) is 0 Å². The van der Waals surface area contributed by atoms with E-state index in [1.54, 1.807) is 19.3 Å². The van der Waals surface area contributed by atoms with Gasteiger partial charge in [-0.15, -0.1) is 0 Å². The lowest BCUT2D eigenvalue weighted by molar-refractivity contribution is -0.0394. The summed E-state index contributed by atoms with van der Waals surface area (Å²) in [7, 11) is 0. The first-order valence-corrected chi connectivity index (χ1v) is 11.0. The molecule has 0 bridgehead atoms. The maximum Gasteiger partial charge on any atom is 0.251 e. The number of carbonyl (C=O) groups excluding carboxylic acids is 1. The first-order chi connectivity index (χ1) is 16.5. The number of carbonyl (C=O) groups is 1. The third-order valence-corrected chi connectivity index (χ3v) is 5.77. The van der Waals surface area contributed by atoms with Crippen molar-refractivity contribution in [1.29, 1.82) is 0 Å². The number of benzene rings is 1. The normalized spacial score (nSPS) is 15.6. The molecule has 34 heavy (non-hydrogen) atoms. The number of aromatic nitrogens is 4. The van der Waals surface area contributed by atoms with Crippen LogP contribution in [-0.4, -0.2) is 31.7 Å². The highest BCUT2D eigenvalue weighted by atomic mass is 19.1. The first kappa shape index (κ1) is 21.7. The number of hydrogen-bond donors (Lipinski definition) is 2. The van der Waals surface area contributed by atoms with Crippen LogP contribution in [0.2, 0.25) is 0 Å². The second-order valence-electron chi connectivity index (χ2n) is 8.18. The van der Waals surface area contributed by atoms with Crippen molar-refractivity contribution in [1.82, 2.24) is 19.2 Å². The van der Waals surface area contributed by atoms with Gasteiger partial charge >= 0.3 is 0 Å². The number of pyridine rings is 1. The number of nitrogens with one attached hydrogen (secondary N) is 1. The minimum atomic E-state index is -0.829. The number of nitrogens with zero attached hydrogens (tertiary/aromatic N) is 4. The minimum absolute atomic E-state index is 0.0293. The molecular weight excluding hydrogens is 435 g/mol. The van der Waals surface area contributed by atoms with Gasteiger partial charge < -0.3 is 15.8 Å². The number of imidazole rings is 1. The molecule has 4 heterocycles. The van der Waals surface area contributed by atoms with E-state index in [-0.39, 0.29) is 11.8 Å². The molecule has 0 radical (unpaired) electrons. The van der Waals surface area contributed by atoms with Gasteiger partial charge in [-0.25, -0.2) is 14.1 Å². The van der Waals surface area contributed by atoms with Gasteiger partial charge in [0, 0.05) is 18.4 Å². The topological polar surface area (TPSA) is 99.5 Å². The highest BCUT2D eigenvalue weighted by Crippen LogP contribution is 2.26. The Balaban J connectivity index is 1.42. The van der Waals surface area contributed by atoms with E-state index in [1.165, 1.54) is 12.1 Å². The predicted octanol–water partition coefficient (Wildman–Crippen LogP) is 3.92. The van der Waals surface area contributed by atoms with Crippen molar-refractivity contribution in [3.63, 3.8) is 0 Å². The maximum atomic E-state index is 14.0. The van der Waals surface area contributed by atoms with E-state index in [4.69, 9.17) is 10.5 Å². The van der Waals surface area contributed by atoms with Crippen LogP contribution in [0.1, 0.15) is 52.7 Å². The van der Waals surface area contributed by atoms with E-state index in [9.17, 15) is 9.18 Å². The van der Waals surface area contributed by atoms with Gasteiger partial charge in [0.05, 0.1) is 35.5 Å². The van der Waals surface area contributed by atoms with Crippen LogP contribution in [0.3, 0.4) is 0 Å². The van der Waals surface area contributed by atoms with Gasteiger partial charge in [-0.2, -0.15) is 5.10 Å². The SMILES string of the molecule is Cc1cc(F)c(C(N)=O)cc1C#Cc1cnc2c(Nc3cnn(C4CCCCO4)c3)cccn12. The second-order valence-corrected chi connectivity index (χ2v) is 8.18. The molecule has 1 aliphatic rings. The zero-order valence-electron chi connectivity index (χ0n) is 18.6. The number of halogens is 1. The molecule has 3 aromatic heterocycles. The van der Waals surface area contributed by atoms with E-state index in [2.05, 4.69) is 27.2 Å². The molecule has 1 aliphatic heterocycles. The van der Waals surface area contributed by atoms with Crippen LogP contribution in [0.5, 0.6) is 0 Å². The average Bonchev–Trinajstić information content (AvgIpc) is 3.47.